The molecule has 0 fully saturated rings. The third-order valence-corrected chi connectivity index (χ3v) is 3.64. The molecule has 0 saturated carbocycles. The van der Waals surface area contributed by atoms with Crippen LogP contribution in [0.4, 0.5) is 11.4 Å². The normalized spacial score (nSPS) is 11.5. The molecule has 0 unspecified atom stereocenters. The lowest BCUT2D eigenvalue weighted by molar-refractivity contribution is 1.19. The molecule has 0 aliphatic carbocycles. The molecule has 3 rings (SSSR count). The Hall–Kier alpha value is -1.94. The molecule has 0 radical (unpaired) electrons. The standard InChI is InChI=1S/C15H12BrN3/c1-10-15(11-6-2-4-8-13(11)17-10)19-18-14-9-5-3-7-12(14)16/h2-9,17H,1H3. The summed E-state index contributed by atoms with van der Waals surface area (Å²) >= 11 is 3.47. The average Bonchev–Trinajstić information content (AvgIpc) is 2.74. The minimum Gasteiger partial charge on any atom is -0.357 e. The summed E-state index contributed by atoms with van der Waals surface area (Å²) in [6.45, 7) is 2.01. The Morgan fingerprint density at radius 2 is 1.68 bits per heavy atom. The van der Waals surface area contributed by atoms with Crippen molar-refractivity contribution in [1.82, 2.24) is 4.98 Å². The predicted molar refractivity (Wildman–Crippen MR) is 81.4 cm³/mol. The summed E-state index contributed by atoms with van der Waals surface area (Å²) in [7, 11) is 0. The maximum absolute atomic E-state index is 4.39. The molecule has 4 heteroatoms. The molecule has 0 atom stereocenters. The number of halogens is 1. The van der Waals surface area contributed by atoms with Gasteiger partial charge in [-0.25, -0.2) is 0 Å². The van der Waals surface area contributed by atoms with Crippen LogP contribution < -0.4 is 0 Å². The van der Waals surface area contributed by atoms with E-state index in [0.29, 0.717) is 0 Å². The van der Waals surface area contributed by atoms with Crippen LogP contribution in [0.25, 0.3) is 10.9 Å². The van der Waals surface area contributed by atoms with Gasteiger partial charge in [-0.3, -0.25) is 0 Å². The number of rotatable bonds is 2. The Morgan fingerprint density at radius 1 is 0.947 bits per heavy atom. The first-order chi connectivity index (χ1) is 9.25. The van der Waals surface area contributed by atoms with Gasteiger partial charge in [0.25, 0.3) is 0 Å². The second kappa shape index (κ2) is 4.97. The number of hydrogen-bond acceptors (Lipinski definition) is 2. The van der Waals surface area contributed by atoms with Crippen molar-refractivity contribution in [2.45, 2.75) is 6.92 Å². The van der Waals surface area contributed by atoms with Gasteiger partial charge >= 0.3 is 0 Å². The van der Waals surface area contributed by atoms with Gasteiger partial charge in [0.2, 0.25) is 0 Å². The highest BCUT2D eigenvalue weighted by molar-refractivity contribution is 9.10. The monoisotopic (exact) mass is 313 g/mol. The minimum atomic E-state index is 0.826. The summed E-state index contributed by atoms with van der Waals surface area (Å²) < 4.78 is 0.941. The number of nitrogens with one attached hydrogen (secondary N) is 1. The lowest BCUT2D eigenvalue weighted by atomic mass is 10.2. The molecule has 0 amide bonds. The van der Waals surface area contributed by atoms with E-state index in [1.807, 2.05) is 55.5 Å². The largest absolute Gasteiger partial charge is 0.357 e. The van der Waals surface area contributed by atoms with Crippen molar-refractivity contribution >= 4 is 38.2 Å². The highest BCUT2D eigenvalue weighted by Gasteiger charge is 2.06. The topological polar surface area (TPSA) is 40.5 Å². The molecule has 1 heterocycles. The molecule has 0 bridgehead atoms. The van der Waals surface area contributed by atoms with Gasteiger partial charge in [0.15, 0.2) is 0 Å². The maximum Gasteiger partial charge on any atom is 0.114 e. The number of H-pyrrole nitrogens is 1. The van der Waals surface area contributed by atoms with Crippen LogP contribution in [0.15, 0.2) is 63.2 Å². The molecule has 0 saturated heterocycles. The highest BCUT2D eigenvalue weighted by Crippen LogP contribution is 2.32. The van der Waals surface area contributed by atoms with Crippen LogP contribution in [-0.4, -0.2) is 4.98 Å². The fourth-order valence-corrected chi connectivity index (χ4v) is 2.39. The molecule has 2 aromatic carbocycles. The Balaban J connectivity index is 2.06. The Morgan fingerprint density at radius 3 is 2.53 bits per heavy atom. The summed E-state index contributed by atoms with van der Waals surface area (Å²) in [6, 6.07) is 15.9. The van der Waals surface area contributed by atoms with Gasteiger partial charge in [-0.05, 0) is 41.1 Å². The van der Waals surface area contributed by atoms with E-state index < -0.39 is 0 Å². The van der Waals surface area contributed by atoms with E-state index in [9.17, 15) is 0 Å². The highest BCUT2D eigenvalue weighted by atomic mass is 79.9. The van der Waals surface area contributed by atoms with Gasteiger partial charge in [-0.15, -0.1) is 10.2 Å². The van der Waals surface area contributed by atoms with Crippen LogP contribution in [0, 0.1) is 6.92 Å². The number of hydrogen-bond donors (Lipinski definition) is 1. The number of fused-ring (bicyclic) bond motifs is 1. The molecule has 0 aliphatic rings. The first-order valence-corrected chi connectivity index (χ1v) is 6.78. The molecule has 0 aliphatic heterocycles. The SMILES string of the molecule is Cc1[nH]c2ccccc2c1N=Nc1ccccc1Br. The van der Waals surface area contributed by atoms with Crippen LogP contribution in [0.5, 0.6) is 0 Å². The number of aromatic amines is 1. The van der Waals surface area contributed by atoms with E-state index in [-0.39, 0.29) is 0 Å². The van der Waals surface area contributed by atoms with E-state index in [1.54, 1.807) is 0 Å². The Kier molecular flexibility index (Phi) is 3.17. The second-order valence-electron chi connectivity index (χ2n) is 4.30. The first-order valence-electron chi connectivity index (χ1n) is 5.99. The zero-order valence-corrected chi connectivity index (χ0v) is 12.0. The summed E-state index contributed by atoms with van der Waals surface area (Å²) in [5.41, 5.74) is 3.83. The van der Waals surface area contributed by atoms with E-state index >= 15 is 0 Å². The van der Waals surface area contributed by atoms with Gasteiger partial charge in [-0.2, -0.15) is 0 Å². The fourth-order valence-electron chi connectivity index (χ4n) is 2.03. The van der Waals surface area contributed by atoms with E-state index in [4.69, 9.17) is 0 Å². The number of aromatic nitrogens is 1. The Labute approximate surface area is 119 Å². The van der Waals surface area contributed by atoms with Crippen molar-refractivity contribution in [3.8, 4) is 0 Å². The third kappa shape index (κ3) is 2.31. The van der Waals surface area contributed by atoms with Crippen molar-refractivity contribution in [3.05, 3.63) is 58.7 Å². The van der Waals surface area contributed by atoms with Crippen molar-refractivity contribution < 1.29 is 0 Å². The molecule has 0 spiro atoms. The zero-order valence-electron chi connectivity index (χ0n) is 10.4. The van der Waals surface area contributed by atoms with Crippen LogP contribution in [0.1, 0.15) is 5.69 Å². The van der Waals surface area contributed by atoms with E-state index in [0.717, 1.165) is 32.4 Å². The number of aryl methyl sites for hydroxylation is 1. The summed E-state index contributed by atoms with van der Waals surface area (Å²) in [5.74, 6) is 0. The number of azo groups is 1. The molecule has 94 valence electrons. The summed E-state index contributed by atoms with van der Waals surface area (Å²) in [5, 5.41) is 9.80. The van der Waals surface area contributed by atoms with Gasteiger partial charge in [0.1, 0.15) is 5.69 Å². The van der Waals surface area contributed by atoms with Crippen molar-refractivity contribution in [3.63, 3.8) is 0 Å². The number of nitrogens with zero attached hydrogens (tertiary/aromatic N) is 2. The quantitative estimate of drug-likeness (QED) is 0.593. The van der Waals surface area contributed by atoms with Crippen molar-refractivity contribution in [2.75, 3.05) is 0 Å². The van der Waals surface area contributed by atoms with Gasteiger partial charge in [0.05, 0.1) is 5.69 Å². The maximum atomic E-state index is 4.39. The summed E-state index contributed by atoms with van der Waals surface area (Å²) in [6.07, 6.45) is 0. The third-order valence-electron chi connectivity index (χ3n) is 2.97. The van der Waals surface area contributed by atoms with Crippen LogP contribution in [0.2, 0.25) is 0 Å². The average molecular weight is 314 g/mol. The summed E-state index contributed by atoms with van der Waals surface area (Å²) in [4.78, 5) is 3.31. The van der Waals surface area contributed by atoms with Crippen molar-refractivity contribution in [1.29, 1.82) is 0 Å². The van der Waals surface area contributed by atoms with Gasteiger partial charge in [0, 0.05) is 21.1 Å². The van der Waals surface area contributed by atoms with Gasteiger partial charge < -0.3 is 4.98 Å². The van der Waals surface area contributed by atoms with E-state index in [1.165, 1.54) is 0 Å². The van der Waals surface area contributed by atoms with Crippen LogP contribution >= 0.6 is 15.9 Å². The lowest BCUT2D eigenvalue weighted by Gasteiger charge is -1.96. The first kappa shape index (κ1) is 12.1. The molecule has 3 nitrogen and oxygen atoms in total. The molecule has 3 aromatic rings. The second-order valence-corrected chi connectivity index (χ2v) is 5.15. The predicted octanol–water partition coefficient (Wildman–Crippen LogP) is 5.65. The Bertz CT molecular complexity index is 759. The van der Waals surface area contributed by atoms with Crippen LogP contribution in [0.3, 0.4) is 0 Å². The van der Waals surface area contributed by atoms with E-state index in [2.05, 4.69) is 31.1 Å². The number of para-hydroxylation sites is 1. The smallest absolute Gasteiger partial charge is 0.114 e. The molecular weight excluding hydrogens is 302 g/mol. The zero-order chi connectivity index (χ0) is 13.2. The molecule has 1 aromatic heterocycles. The lowest BCUT2D eigenvalue weighted by Crippen LogP contribution is -1.69. The fraction of sp³-hybridized carbons (Fsp3) is 0.0667. The van der Waals surface area contributed by atoms with Crippen LogP contribution in [-0.2, 0) is 0 Å². The number of benzene rings is 2. The minimum absolute atomic E-state index is 0.826. The molecule has 19 heavy (non-hydrogen) atoms. The van der Waals surface area contributed by atoms with Gasteiger partial charge in [-0.1, -0.05) is 30.3 Å². The molecular formula is C15H12BrN3. The van der Waals surface area contributed by atoms with Crippen molar-refractivity contribution in [2.24, 2.45) is 10.2 Å². The molecule has 1 N–H and O–H groups in total.